The Morgan fingerprint density at radius 3 is 2.96 bits per heavy atom. The normalized spacial score (nSPS) is 17.3. The van der Waals surface area contributed by atoms with Gasteiger partial charge in [0.15, 0.2) is 0 Å². The number of nitrogens with one attached hydrogen (secondary N) is 1. The fourth-order valence-corrected chi connectivity index (χ4v) is 3.22. The summed E-state index contributed by atoms with van der Waals surface area (Å²) in [6.07, 6.45) is 4.72. The maximum absolute atomic E-state index is 5.38. The van der Waals surface area contributed by atoms with Crippen molar-refractivity contribution in [3.63, 3.8) is 0 Å². The highest BCUT2D eigenvalue weighted by atomic mass is 16.5. The lowest BCUT2D eigenvalue weighted by molar-refractivity contribution is 0.430. The van der Waals surface area contributed by atoms with Crippen LogP contribution in [0.4, 0.5) is 11.8 Å². The molecule has 4 rings (SSSR count). The van der Waals surface area contributed by atoms with Gasteiger partial charge in [0.1, 0.15) is 12.1 Å². The van der Waals surface area contributed by atoms with Gasteiger partial charge >= 0.3 is 0 Å². The van der Waals surface area contributed by atoms with Gasteiger partial charge in [-0.1, -0.05) is 25.1 Å². The van der Waals surface area contributed by atoms with E-state index in [4.69, 9.17) is 4.52 Å². The minimum atomic E-state index is 0.255. The van der Waals surface area contributed by atoms with E-state index in [0.29, 0.717) is 11.8 Å². The van der Waals surface area contributed by atoms with Crippen LogP contribution in [0.5, 0.6) is 0 Å². The molecule has 1 fully saturated rings. The van der Waals surface area contributed by atoms with Gasteiger partial charge in [0.05, 0.1) is 0 Å². The first kappa shape index (κ1) is 16.5. The van der Waals surface area contributed by atoms with E-state index in [9.17, 15) is 0 Å². The van der Waals surface area contributed by atoms with Crippen LogP contribution >= 0.6 is 0 Å². The number of hydrogen-bond acceptors (Lipinski definition) is 7. The number of aryl methyl sites for hydroxylation is 1. The standard InChI is InChI=1S/C19H22N6O/c1-2-15-11-17(21-13-20-15)25-10-6-9-16(12-25)22-19-23-18(26-24-19)14-7-4-3-5-8-14/h3-5,7-8,11,13,16H,2,6,9-10,12H2,1H3,(H,22,24). The number of rotatable bonds is 5. The van der Waals surface area contributed by atoms with Crippen LogP contribution in [0.25, 0.3) is 11.5 Å². The maximum Gasteiger partial charge on any atom is 0.264 e. The van der Waals surface area contributed by atoms with Gasteiger partial charge in [-0.15, -0.1) is 0 Å². The Hall–Kier alpha value is -2.96. The molecule has 7 heteroatoms. The van der Waals surface area contributed by atoms with E-state index in [1.54, 1.807) is 6.33 Å². The molecule has 1 unspecified atom stereocenters. The van der Waals surface area contributed by atoms with Crippen molar-refractivity contribution in [2.24, 2.45) is 0 Å². The molecule has 0 aliphatic carbocycles. The molecular weight excluding hydrogens is 328 g/mol. The molecule has 0 radical (unpaired) electrons. The van der Waals surface area contributed by atoms with Gasteiger partial charge in [-0.2, -0.15) is 4.98 Å². The van der Waals surface area contributed by atoms with E-state index < -0.39 is 0 Å². The van der Waals surface area contributed by atoms with Crippen LogP contribution < -0.4 is 10.2 Å². The van der Waals surface area contributed by atoms with Crippen molar-refractivity contribution in [3.8, 4) is 11.5 Å². The van der Waals surface area contributed by atoms with Crippen LogP contribution in [0.2, 0.25) is 0 Å². The highest BCUT2D eigenvalue weighted by Gasteiger charge is 2.22. The smallest absolute Gasteiger partial charge is 0.264 e. The van der Waals surface area contributed by atoms with Crippen LogP contribution in [-0.4, -0.2) is 39.2 Å². The second-order valence-electron chi connectivity index (χ2n) is 6.44. The second-order valence-corrected chi connectivity index (χ2v) is 6.44. The summed E-state index contributed by atoms with van der Waals surface area (Å²) >= 11 is 0. The van der Waals surface area contributed by atoms with Crippen molar-refractivity contribution < 1.29 is 4.52 Å². The number of hydrogen-bond donors (Lipinski definition) is 1. The SMILES string of the molecule is CCc1cc(N2CCCC(Nc3noc(-c4ccccc4)n3)C2)ncn1. The second kappa shape index (κ2) is 7.51. The minimum Gasteiger partial charge on any atom is -0.354 e. The molecule has 1 aliphatic heterocycles. The largest absolute Gasteiger partial charge is 0.354 e. The summed E-state index contributed by atoms with van der Waals surface area (Å²) in [5.41, 5.74) is 1.99. The first-order valence-corrected chi connectivity index (χ1v) is 9.03. The number of anilines is 2. The van der Waals surface area contributed by atoms with Gasteiger partial charge in [0, 0.05) is 36.5 Å². The molecular formula is C19H22N6O. The third-order valence-electron chi connectivity index (χ3n) is 4.60. The summed E-state index contributed by atoms with van der Waals surface area (Å²) in [7, 11) is 0. The summed E-state index contributed by atoms with van der Waals surface area (Å²) in [4.78, 5) is 15.5. The molecule has 134 valence electrons. The molecule has 3 aromatic rings. The molecule has 1 aliphatic rings. The summed E-state index contributed by atoms with van der Waals surface area (Å²) in [6.45, 7) is 3.96. The number of piperidine rings is 1. The van der Waals surface area contributed by atoms with Crippen molar-refractivity contribution in [1.29, 1.82) is 0 Å². The number of aromatic nitrogens is 4. The van der Waals surface area contributed by atoms with E-state index in [1.165, 1.54) is 0 Å². The van der Waals surface area contributed by atoms with Gasteiger partial charge < -0.3 is 14.7 Å². The summed E-state index contributed by atoms with van der Waals surface area (Å²) < 4.78 is 5.38. The van der Waals surface area contributed by atoms with Crippen LogP contribution in [-0.2, 0) is 6.42 Å². The fourth-order valence-electron chi connectivity index (χ4n) is 3.22. The number of benzene rings is 1. The predicted molar refractivity (Wildman–Crippen MR) is 100 cm³/mol. The monoisotopic (exact) mass is 350 g/mol. The average Bonchev–Trinajstić information content (AvgIpc) is 3.17. The Kier molecular flexibility index (Phi) is 4.77. The molecule has 1 N–H and O–H groups in total. The van der Waals surface area contributed by atoms with Crippen molar-refractivity contribution in [3.05, 3.63) is 48.4 Å². The van der Waals surface area contributed by atoms with Crippen LogP contribution in [0.1, 0.15) is 25.5 Å². The molecule has 2 aromatic heterocycles. The average molecular weight is 350 g/mol. The molecule has 7 nitrogen and oxygen atoms in total. The lowest BCUT2D eigenvalue weighted by Crippen LogP contribution is -2.42. The number of nitrogens with zero attached hydrogens (tertiary/aromatic N) is 5. The third kappa shape index (κ3) is 3.66. The Balaban J connectivity index is 1.43. The summed E-state index contributed by atoms with van der Waals surface area (Å²) in [6, 6.07) is 12.1. The zero-order valence-electron chi connectivity index (χ0n) is 14.8. The quantitative estimate of drug-likeness (QED) is 0.757. The van der Waals surface area contributed by atoms with Gasteiger partial charge in [-0.3, -0.25) is 0 Å². The summed E-state index contributed by atoms with van der Waals surface area (Å²) in [5, 5.41) is 7.47. The molecule has 1 aromatic carbocycles. The van der Waals surface area contributed by atoms with Gasteiger partial charge in [0.25, 0.3) is 11.8 Å². The van der Waals surface area contributed by atoms with Crippen molar-refractivity contribution >= 4 is 11.8 Å². The predicted octanol–water partition coefficient (Wildman–Crippen LogP) is 3.17. The van der Waals surface area contributed by atoms with E-state index in [0.717, 1.165) is 49.4 Å². The Morgan fingerprint density at radius 1 is 1.23 bits per heavy atom. The van der Waals surface area contributed by atoms with E-state index >= 15 is 0 Å². The zero-order valence-corrected chi connectivity index (χ0v) is 14.8. The van der Waals surface area contributed by atoms with Crippen LogP contribution in [0.15, 0.2) is 47.2 Å². The third-order valence-corrected chi connectivity index (χ3v) is 4.60. The maximum atomic E-state index is 5.38. The first-order chi connectivity index (χ1) is 12.8. The Bertz CT molecular complexity index is 850. The van der Waals surface area contributed by atoms with Gasteiger partial charge in [-0.05, 0) is 36.6 Å². The van der Waals surface area contributed by atoms with Gasteiger partial charge in [0.2, 0.25) is 0 Å². The highest BCUT2D eigenvalue weighted by Crippen LogP contribution is 2.22. The minimum absolute atomic E-state index is 0.255. The molecule has 0 saturated carbocycles. The van der Waals surface area contributed by atoms with E-state index in [1.807, 2.05) is 30.3 Å². The van der Waals surface area contributed by atoms with Crippen molar-refractivity contribution in [2.45, 2.75) is 32.2 Å². The molecule has 0 amide bonds. The van der Waals surface area contributed by atoms with E-state index in [2.05, 4.69) is 43.3 Å². The topological polar surface area (TPSA) is 80.0 Å². The first-order valence-electron chi connectivity index (χ1n) is 9.03. The summed E-state index contributed by atoms with van der Waals surface area (Å²) in [5.74, 6) is 2.05. The Labute approximate surface area is 152 Å². The highest BCUT2D eigenvalue weighted by molar-refractivity contribution is 5.53. The molecule has 3 heterocycles. The van der Waals surface area contributed by atoms with Crippen molar-refractivity contribution in [2.75, 3.05) is 23.3 Å². The molecule has 0 bridgehead atoms. The fraction of sp³-hybridized carbons (Fsp3) is 0.368. The van der Waals surface area contributed by atoms with Crippen LogP contribution in [0, 0.1) is 0 Å². The molecule has 0 spiro atoms. The Morgan fingerprint density at radius 2 is 2.12 bits per heavy atom. The molecule has 1 saturated heterocycles. The van der Waals surface area contributed by atoms with Crippen molar-refractivity contribution in [1.82, 2.24) is 20.1 Å². The zero-order chi connectivity index (χ0) is 17.8. The molecule has 1 atom stereocenters. The van der Waals surface area contributed by atoms with Crippen LogP contribution in [0.3, 0.4) is 0 Å². The lowest BCUT2D eigenvalue weighted by atomic mass is 10.1. The lowest BCUT2D eigenvalue weighted by Gasteiger charge is -2.33. The van der Waals surface area contributed by atoms with Gasteiger partial charge in [-0.25, -0.2) is 9.97 Å². The molecule has 26 heavy (non-hydrogen) atoms. The van der Waals surface area contributed by atoms with E-state index in [-0.39, 0.29) is 6.04 Å².